The fraction of sp³-hybridized carbons (Fsp3) is 0.357. The quantitative estimate of drug-likeness (QED) is 0.903. The van der Waals surface area contributed by atoms with Gasteiger partial charge in [0, 0.05) is 17.0 Å². The molecule has 2 nitrogen and oxygen atoms in total. The normalized spacial score (nSPS) is 10.9. The van der Waals surface area contributed by atoms with Crippen molar-refractivity contribution in [2.24, 2.45) is 0 Å². The van der Waals surface area contributed by atoms with Crippen molar-refractivity contribution in [3.63, 3.8) is 0 Å². The Hall–Kier alpha value is -1.33. The first-order valence-electron chi connectivity index (χ1n) is 6.24. The van der Waals surface area contributed by atoms with E-state index in [0.29, 0.717) is 11.6 Å². The minimum absolute atomic E-state index is 0.240. The molecule has 0 unspecified atom stereocenters. The summed E-state index contributed by atoms with van der Waals surface area (Å²) in [4.78, 5) is 5.55. The van der Waals surface area contributed by atoms with E-state index in [1.54, 1.807) is 0 Å². The standard InChI is InChI=1S/C14H16F2N2S/c1-3-4-12-13(8-17-2)19-14(18-12)10-7-9(15)5-6-11(10)16/h5-7,17H,3-4,8H2,1-2H3. The molecule has 0 amide bonds. The number of hydrogen-bond donors (Lipinski definition) is 1. The Bertz CT molecular complexity index is 543. The van der Waals surface area contributed by atoms with Gasteiger partial charge in [-0.3, -0.25) is 0 Å². The van der Waals surface area contributed by atoms with E-state index >= 15 is 0 Å². The van der Waals surface area contributed by atoms with Crippen molar-refractivity contribution < 1.29 is 8.78 Å². The van der Waals surface area contributed by atoms with Crippen LogP contribution in [0.4, 0.5) is 8.78 Å². The fourth-order valence-electron chi connectivity index (χ4n) is 1.89. The SMILES string of the molecule is CCCc1nc(-c2cc(F)ccc2F)sc1CNC. The molecule has 102 valence electrons. The van der Waals surface area contributed by atoms with Crippen LogP contribution >= 0.6 is 11.3 Å². The average Bonchev–Trinajstić information content (AvgIpc) is 2.77. The molecule has 0 spiro atoms. The van der Waals surface area contributed by atoms with Gasteiger partial charge in [0.15, 0.2) is 0 Å². The molecule has 1 heterocycles. The maximum absolute atomic E-state index is 13.8. The van der Waals surface area contributed by atoms with Crippen molar-refractivity contribution in [2.75, 3.05) is 7.05 Å². The lowest BCUT2D eigenvalue weighted by molar-refractivity contribution is 0.603. The van der Waals surface area contributed by atoms with Crippen molar-refractivity contribution >= 4 is 11.3 Å². The second-order valence-electron chi connectivity index (χ2n) is 4.29. The zero-order valence-corrected chi connectivity index (χ0v) is 11.8. The smallest absolute Gasteiger partial charge is 0.133 e. The number of aromatic nitrogens is 1. The molecular weight excluding hydrogens is 266 g/mol. The summed E-state index contributed by atoms with van der Waals surface area (Å²) in [6, 6.07) is 3.46. The van der Waals surface area contributed by atoms with Crippen LogP contribution in [0.5, 0.6) is 0 Å². The molecule has 19 heavy (non-hydrogen) atoms. The molecule has 1 N–H and O–H groups in total. The summed E-state index contributed by atoms with van der Waals surface area (Å²) >= 11 is 1.42. The lowest BCUT2D eigenvalue weighted by Crippen LogP contribution is -2.05. The van der Waals surface area contributed by atoms with Crippen LogP contribution in [0.3, 0.4) is 0 Å². The van der Waals surface area contributed by atoms with E-state index in [0.717, 1.165) is 35.5 Å². The summed E-state index contributed by atoms with van der Waals surface area (Å²) in [5.74, 6) is -0.881. The topological polar surface area (TPSA) is 24.9 Å². The van der Waals surface area contributed by atoms with Gasteiger partial charge in [0.2, 0.25) is 0 Å². The molecule has 0 aliphatic heterocycles. The summed E-state index contributed by atoms with van der Waals surface area (Å²) in [7, 11) is 1.86. The Labute approximate surface area is 115 Å². The number of nitrogens with zero attached hydrogens (tertiary/aromatic N) is 1. The van der Waals surface area contributed by atoms with Gasteiger partial charge in [-0.1, -0.05) is 13.3 Å². The molecule has 1 aromatic carbocycles. The van der Waals surface area contributed by atoms with E-state index in [-0.39, 0.29) is 5.56 Å². The Morgan fingerprint density at radius 3 is 2.79 bits per heavy atom. The Kier molecular flexibility index (Phi) is 4.61. The molecule has 0 aliphatic rings. The maximum Gasteiger partial charge on any atom is 0.133 e. The van der Waals surface area contributed by atoms with Gasteiger partial charge >= 0.3 is 0 Å². The molecule has 0 saturated carbocycles. The van der Waals surface area contributed by atoms with Gasteiger partial charge in [0.05, 0.1) is 5.69 Å². The number of rotatable bonds is 5. The van der Waals surface area contributed by atoms with E-state index < -0.39 is 11.6 Å². The summed E-state index contributed by atoms with van der Waals surface area (Å²) in [5.41, 5.74) is 1.21. The maximum atomic E-state index is 13.8. The van der Waals surface area contributed by atoms with Gasteiger partial charge in [-0.2, -0.15) is 0 Å². The van der Waals surface area contributed by atoms with Crippen LogP contribution in [0.15, 0.2) is 18.2 Å². The molecule has 0 fully saturated rings. The van der Waals surface area contributed by atoms with E-state index in [2.05, 4.69) is 17.2 Å². The zero-order chi connectivity index (χ0) is 13.8. The zero-order valence-electron chi connectivity index (χ0n) is 11.0. The molecular formula is C14H16F2N2S. The van der Waals surface area contributed by atoms with Gasteiger partial charge in [-0.25, -0.2) is 13.8 Å². The van der Waals surface area contributed by atoms with Crippen molar-refractivity contribution in [3.8, 4) is 10.6 Å². The first-order valence-corrected chi connectivity index (χ1v) is 7.06. The van der Waals surface area contributed by atoms with Crippen molar-refractivity contribution in [2.45, 2.75) is 26.3 Å². The fourth-order valence-corrected chi connectivity index (χ4v) is 3.03. The van der Waals surface area contributed by atoms with Crippen molar-refractivity contribution in [1.29, 1.82) is 0 Å². The average molecular weight is 282 g/mol. The first kappa shape index (κ1) is 14.1. The van der Waals surface area contributed by atoms with Crippen LogP contribution in [-0.2, 0) is 13.0 Å². The highest BCUT2D eigenvalue weighted by atomic mass is 32.1. The molecule has 0 saturated heterocycles. The number of benzene rings is 1. The van der Waals surface area contributed by atoms with Gasteiger partial charge in [-0.05, 0) is 31.7 Å². The van der Waals surface area contributed by atoms with Crippen LogP contribution < -0.4 is 5.32 Å². The van der Waals surface area contributed by atoms with Crippen LogP contribution in [0, 0.1) is 11.6 Å². The van der Waals surface area contributed by atoms with E-state index in [9.17, 15) is 8.78 Å². The highest BCUT2D eigenvalue weighted by Gasteiger charge is 2.15. The summed E-state index contributed by atoms with van der Waals surface area (Å²) < 4.78 is 27.0. The number of thiazole rings is 1. The number of hydrogen-bond acceptors (Lipinski definition) is 3. The third kappa shape index (κ3) is 3.16. The van der Waals surface area contributed by atoms with Crippen LogP contribution in [-0.4, -0.2) is 12.0 Å². The number of halogens is 2. The second kappa shape index (κ2) is 6.21. The predicted molar refractivity (Wildman–Crippen MR) is 74.2 cm³/mol. The molecule has 2 aromatic rings. The number of nitrogens with one attached hydrogen (secondary N) is 1. The van der Waals surface area contributed by atoms with E-state index in [4.69, 9.17) is 0 Å². The highest BCUT2D eigenvalue weighted by molar-refractivity contribution is 7.15. The second-order valence-corrected chi connectivity index (χ2v) is 5.38. The summed E-state index contributed by atoms with van der Waals surface area (Å²) in [6.45, 7) is 2.77. The monoisotopic (exact) mass is 282 g/mol. The molecule has 0 bridgehead atoms. The molecule has 5 heteroatoms. The summed E-state index contributed by atoms with van der Waals surface area (Å²) in [6.07, 6.45) is 1.83. The Morgan fingerprint density at radius 2 is 2.11 bits per heavy atom. The van der Waals surface area contributed by atoms with Gasteiger partial charge in [-0.15, -0.1) is 11.3 Å². The number of aryl methyl sites for hydroxylation is 1. The van der Waals surface area contributed by atoms with Gasteiger partial charge < -0.3 is 5.32 Å². The Morgan fingerprint density at radius 1 is 1.32 bits per heavy atom. The molecule has 0 atom stereocenters. The first-order chi connectivity index (χ1) is 9.15. The minimum atomic E-state index is -0.446. The lowest BCUT2D eigenvalue weighted by Gasteiger charge is -1.98. The summed E-state index contributed by atoms with van der Waals surface area (Å²) in [5, 5.41) is 3.62. The molecule has 2 rings (SSSR count). The van der Waals surface area contributed by atoms with Gasteiger partial charge in [0.1, 0.15) is 16.6 Å². The van der Waals surface area contributed by atoms with Crippen LogP contribution in [0.1, 0.15) is 23.9 Å². The van der Waals surface area contributed by atoms with Gasteiger partial charge in [0.25, 0.3) is 0 Å². The third-order valence-corrected chi connectivity index (χ3v) is 3.89. The van der Waals surface area contributed by atoms with Crippen LogP contribution in [0.25, 0.3) is 10.6 Å². The molecule has 0 aliphatic carbocycles. The van der Waals surface area contributed by atoms with E-state index in [1.165, 1.54) is 17.4 Å². The molecule has 0 radical (unpaired) electrons. The predicted octanol–water partition coefficient (Wildman–Crippen LogP) is 3.76. The Balaban J connectivity index is 2.44. The van der Waals surface area contributed by atoms with E-state index in [1.807, 2.05) is 7.05 Å². The lowest BCUT2D eigenvalue weighted by atomic mass is 10.2. The molecule has 1 aromatic heterocycles. The minimum Gasteiger partial charge on any atom is -0.315 e. The van der Waals surface area contributed by atoms with Crippen molar-refractivity contribution in [1.82, 2.24) is 10.3 Å². The third-order valence-electron chi connectivity index (χ3n) is 2.76. The largest absolute Gasteiger partial charge is 0.315 e. The van der Waals surface area contributed by atoms with Crippen molar-refractivity contribution in [3.05, 3.63) is 40.4 Å². The van der Waals surface area contributed by atoms with Crippen LogP contribution in [0.2, 0.25) is 0 Å². The highest BCUT2D eigenvalue weighted by Crippen LogP contribution is 2.31.